The fourth-order valence-corrected chi connectivity index (χ4v) is 12.6. The van der Waals surface area contributed by atoms with Gasteiger partial charge in [-0.1, -0.05) is 279 Å². The maximum absolute atomic E-state index is 12.2. The number of hydrogen-bond donors (Lipinski definition) is 0. The molecule has 9 heteroatoms. The third-order valence-electron chi connectivity index (χ3n) is 14.9. The Morgan fingerprint density at radius 3 is 0.781 bits per heavy atom. The van der Waals surface area contributed by atoms with Crippen LogP contribution in [0, 0.1) is 0 Å². The van der Waals surface area contributed by atoms with Crippen LogP contribution in [0.2, 0.25) is 0 Å². The van der Waals surface area contributed by atoms with E-state index in [0.29, 0.717) is 34.7 Å². The molecule has 0 unspecified atom stereocenters. The van der Waals surface area contributed by atoms with E-state index in [0.717, 1.165) is 58.0 Å². The Morgan fingerprint density at radius 1 is 0.301 bits per heavy atom. The van der Waals surface area contributed by atoms with Gasteiger partial charge in [-0.05, 0) is 93.4 Å². The van der Waals surface area contributed by atoms with Crippen LogP contribution in [0.15, 0.2) is 107 Å². The van der Waals surface area contributed by atoms with Crippen molar-refractivity contribution < 1.29 is 45.4 Å². The fourth-order valence-electron chi connectivity index (χ4n) is 10.8. The van der Waals surface area contributed by atoms with Gasteiger partial charge in [-0.25, -0.2) is 16.8 Å². The van der Waals surface area contributed by atoms with E-state index in [1.165, 1.54) is 180 Å². The topological polar surface area (TPSA) is 114 Å². The molecule has 0 aliphatic carbocycles. The van der Waals surface area contributed by atoms with Crippen molar-refractivity contribution in [3.63, 3.8) is 0 Å². The monoisotopic (exact) mass is 1080 g/mol. The second-order valence-corrected chi connectivity index (χ2v) is 23.6. The van der Waals surface area contributed by atoms with Crippen LogP contribution in [0.3, 0.4) is 0 Å². The Bertz CT molecular complexity index is 2530. The molecule has 6 nitrogen and oxygen atoms in total. The molecule has 6 rings (SSSR count). The quantitative estimate of drug-likeness (QED) is 0.0168. The van der Waals surface area contributed by atoms with Crippen molar-refractivity contribution in [2.24, 2.45) is 0 Å². The molecule has 0 atom stereocenters. The summed E-state index contributed by atoms with van der Waals surface area (Å²) in [5, 5.41) is 6.71. The Kier molecular flexibility index (Phi) is 30.1. The zero-order valence-electron chi connectivity index (χ0n) is 45.3. The van der Waals surface area contributed by atoms with Crippen LogP contribution in [0.25, 0.3) is 43.1 Å². The van der Waals surface area contributed by atoms with Crippen LogP contribution >= 0.6 is 0 Å². The van der Waals surface area contributed by atoms with Crippen molar-refractivity contribution in [3.8, 4) is 0 Å². The summed E-state index contributed by atoms with van der Waals surface area (Å²) in [4.78, 5) is -0.0431. The molecular formula is C64H90O6S2Zn. The number of hydrogen-bond acceptors (Lipinski definition) is 6. The first-order valence-corrected chi connectivity index (χ1v) is 31.6. The second-order valence-electron chi connectivity index (χ2n) is 21.0. The van der Waals surface area contributed by atoms with Gasteiger partial charge in [0.2, 0.25) is 0 Å². The van der Waals surface area contributed by atoms with Gasteiger partial charge < -0.3 is 9.11 Å². The average Bonchev–Trinajstić information content (AvgIpc) is 3.36. The summed E-state index contributed by atoms with van der Waals surface area (Å²) >= 11 is 0. The summed E-state index contributed by atoms with van der Waals surface area (Å²) in [6.07, 6.45) is 43.1. The first-order chi connectivity index (χ1) is 35.0. The normalized spacial score (nSPS) is 11.9. The predicted octanol–water partition coefficient (Wildman–Crippen LogP) is 19.4. The molecule has 0 aromatic heterocycles. The van der Waals surface area contributed by atoms with Crippen molar-refractivity contribution >= 4 is 63.3 Å². The standard InChI is InChI=1S/2C32H46O3S.Zn/c2*1-2-3-4-5-6-7-8-9-10-11-12-13-14-15-16-17-20-27-23-24-30-25-28-21-18-19-22-29(28)26-31(30)32(27)36(33,34)35;/h2*18-19,21-26H,2-17,20H2,1H3,(H,33,34,35);/q;;+2/p-2. The Morgan fingerprint density at radius 2 is 0.534 bits per heavy atom. The maximum Gasteiger partial charge on any atom is 2.00 e. The van der Waals surface area contributed by atoms with E-state index in [4.69, 9.17) is 0 Å². The van der Waals surface area contributed by atoms with Gasteiger partial charge in [0, 0.05) is 10.8 Å². The fraction of sp³-hybridized carbons (Fsp3) is 0.562. The third-order valence-corrected chi connectivity index (χ3v) is 16.9. The van der Waals surface area contributed by atoms with Crippen LogP contribution < -0.4 is 0 Å². The molecule has 0 heterocycles. The maximum atomic E-state index is 12.2. The molecule has 0 fully saturated rings. The summed E-state index contributed by atoms with van der Waals surface area (Å²) in [5.74, 6) is 0. The SMILES string of the molecule is CCCCCCCCCCCCCCCCCCc1ccc2cc3ccccc3cc2c1S(=O)(=O)[O-].CCCCCCCCCCCCCCCCCCc1ccc2cc3ccccc3cc2c1S(=O)(=O)[O-].[Zn+2]. The second kappa shape index (κ2) is 35.2. The molecule has 0 aliphatic rings. The molecule has 396 valence electrons. The number of rotatable bonds is 36. The van der Waals surface area contributed by atoms with Crippen LogP contribution in [-0.4, -0.2) is 25.9 Å². The molecule has 0 spiro atoms. The van der Waals surface area contributed by atoms with E-state index in [1.807, 2.05) is 97.1 Å². The van der Waals surface area contributed by atoms with Gasteiger partial charge in [0.15, 0.2) is 0 Å². The summed E-state index contributed by atoms with van der Waals surface area (Å²) in [6.45, 7) is 4.54. The molecule has 0 saturated carbocycles. The van der Waals surface area contributed by atoms with Gasteiger partial charge in [0.1, 0.15) is 20.2 Å². The van der Waals surface area contributed by atoms with Gasteiger partial charge in [-0.3, -0.25) is 0 Å². The minimum Gasteiger partial charge on any atom is -0.744 e. The van der Waals surface area contributed by atoms with Crippen LogP contribution in [0.4, 0.5) is 0 Å². The Hall–Kier alpha value is -3.20. The molecule has 0 saturated heterocycles. The Labute approximate surface area is 455 Å². The van der Waals surface area contributed by atoms with Crippen molar-refractivity contribution in [3.05, 3.63) is 108 Å². The Balaban J connectivity index is 0.000000312. The minimum absolute atomic E-state index is 0. The summed E-state index contributed by atoms with van der Waals surface area (Å²) in [7, 11) is -9.10. The minimum atomic E-state index is -4.55. The van der Waals surface area contributed by atoms with Crippen molar-refractivity contribution in [2.75, 3.05) is 0 Å². The van der Waals surface area contributed by atoms with Gasteiger partial charge in [0.05, 0.1) is 9.79 Å². The average molecular weight is 1080 g/mol. The predicted molar refractivity (Wildman–Crippen MR) is 305 cm³/mol. The van der Waals surface area contributed by atoms with E-state index in [2.05, 4.69) is 13.8 Å². The number of benzene rings is 6. The zero-order chi connectivity index (χ0) is 51.3. The zero-order valence-corrected chi connectivity index (χ0v) is 49.9. The molecular weight excluding hydrogens is 994 g/mol. The molecule has 0 amide bonds. The van der Waals surface area contributed by atoms with Crippen LogP contribution in [0.5, 0.6) is 0 Å². The van der Waals surface area contributed by atoms with Gasteiger partial charge in [-0.15, -0.1) is 0 Å². The first-order valence-electron chi connectivity index (χ1n) is 28.8. The smallest absolute Gasteiger partial charge is 0.744 e. The van der Waals surface area contributed by atoms with E-state index >= 15 is 0 Å². The molecule has 0 bridgehead atoms. The van der Waals surface area contributed by atoms with E-state index in [1.54, 1.807) is 0 Å². The van der Waals surface area contributed by atoms with E-state index in [-0.39, 0.29) is 29.3 Å². The number of unbranched alkanes of at least 4 members (excludes halogenated alkanes) is 30. The molecule has 6 aromatic carbocycles. The van der Waals surface area contributed by atoms with E-state index < -0.39 is 20.2 Å². The van der Waals surface area contributed by atoms with Crippen LogP contribution in [0.1, 0.15) is 230 Å². The molecule has 6 aromatic rings. The third kappa shape index (κ3) is 22.5. The largest absolute Gasteiger partial charge is 2.00 e. The van der Waals surface area contributed by atoms with Crippen molar-refractivity contribution in [1.29, 1.82) is 0 Å². The summed E-state index contributed by atoms with van der Waals surface area (Å²) in [6, 6.07) is 31.0. The summed E-state index contributed by atoms with van der Waals surface area (Å²) in [5.41, 5.74) is 1.33. The van der Waals surface area contributed by atoms with Gasteiger partial charge >= 0.3 is 19.5 Å². The van der Waals surface area contributed by atoms with Crippen molar-refractivity contribution in [2.45, 2.75) is 242 Å². The molecule has 0 aliphatic heterocycles. The van der Waals surface area contributed by atoms with E-state index in [9.17, 15) is 25.9 Å². The number of fused-ring (bicyclic) bond motifs is 4. The first kappa shape index (κ1) is 62.3. The molecule has 0 radical (unpaired) electrons. The van der Waals surface area contributed by atoms with Gasteiger partial charge in [0.25, 0.3) is 0 Å². The number of aryl methyl sites for hydroxylation is 2. The van der Waals surface area contributed by atoms with Crippen molar-refractivity contribution in [1.82, 2.24) is 0 Å². The summed E-state index contributed by atoms with van der Waals surface area (Å²) < 4.78 is 73.3. The van der Waals surface area contributed by atoms with Gasteiger partial charge in [-0.2, -0.15) is 0 Å². The molecule has 73 heavy (non-hydrogen) atoms. The molecule has 0 N–H and O–H groups in total. The van der Waals surface area contributed by atoms with Crippen LogP contribution in [-0.2, 0) is 52.6 Å².